The number of carbonyl (C=O) groups excluding carboxylic acids is 1. The molecule has 2 heterocycles. The third-order valence-corrected chi connectivity index (χ3v) is 2.82. The van der Waals surface area contributed by atoms with Gasteiger partial charge in [-0.1, -0.05) is 6.07 Å². The Labute approximate surface area is 111 Å². The summed E-state index contributed by atoms with van der Waals surface area (Å²) in [7, 11) is 0. The summed E-state index contributed by atoms with van der Waals surface area (Å²) >= 11 is 0. The highest BCUT2D eigenvalue weighted by Crippen LogP contribution is 2.17. The molecule has 0 aliphatic heterocycles. The van der Waals surface area contributed by atoms with Gasteiger partial charge in [-0.3, -0.25) is 9.48 Å². The fourth-order valence-electron chi connectivity index (χ4n) is 1.85. The number of aromatic nitrogens is 3. The molecule has 0 spiro atoms. The van der Waals surface area contributed by atoms with Crippen molar-refractivity contribution in [1.82, 2.24) is 14.8 Å². The zero-order chi connectivity index (χ0) is 14.0. The lowest BCUT2D eigenvalue weighted by Gasteiger charge is -2.07. The minimum absolute atomic E-state index is 0.293. The van der Waals surface area contributed by atoms with Crippen LogP contribution in [0.15, 0.2) is 18.2 Å². The van der Waals surface area contributed by atoms with Gasteiger partial charge >= 0.3 is 0 Å². The standard InChI is InChI=1S/C13H17N5O/c1-4-18-12(11(14)9(3)17-18)13(19)16-10-7-5-6-8(2)15-10/h5-7H,4,14H2,1-3H3,(H,15,16,19). The second kappa shape index (κ2) is 5.09. The van der Waals surface area contributed by atoms with Crippen LogP contribution in [0.1, 0.15) is 28.8 Å². The summed E-state index contributed by atoms with van der Waals surface area (Å²) in [6, 6.07) is 5.44. The molecule has 6 nitrogen and oxygen atoms in total. The SMILES string of the molecule is CCn1nc(C)c(N)c1C(=O)Nc1cccc(C)n1. The maximum Gasteiger partial charge on any atom is 0.277 e. The summed E-state index contributed by atoms with van der Waals surface area (Å²) in [6.45, 7) is 6.14. The molecule has 0 saturated carbocycles. The Kier molecular flexibility index (Phi) is 3.50. The maximum atomic E-state index is 12.2. The third kappa shape index (κ3) is 2.57. The van der Waals surface area contributed by atoms with Gasteiger partial charge in [-0.2, -0.15) is 5.10 Å². The van der Waals surface area contributed by atoms with Gasteiger partial charge in [0.25, 0.3) is 5.91 Å². The Balaban J connectivity index is 2.30. The quantitative estimate of drug-likeness (QED) is 0.879. The van der Waals surface area contributed by atoms with E-state index in [2.05, 4.69) is 15.4 Å². The molecule has 0 atom stereocenters. The van der Waals surface area contributed by atoms with Crippen molar-refractivity contribution in [3.63, 3.8) is 0 Å². The van der Waals surface area contributed by atoms with Crippen LogP contribution in [0.25, 0.3) is 0 Å². The molecule has 0 radical (unpaired) electrons. The minimum Gasteiger partial charge on any atom is -0.395 e. The number of rotatable bonds is 3. The number of nitrogen functional groups attached to an aromatic ring is 1. The first-order chi connectivity index (χ1) is 9.02. The number of hydrogen-bond acceptors (Lipinski definition) is 4. The second-order valence-corrected chi connectivity index (χ2v) is 4.28. The zero-order valence-corrected chi connectivity index (χ0v) is 11.3. The molecule has 6 heteroatoms. The zero-order valence-electron chi connectivity index (χ0n) is 11.3. The van der Waals surface area contributed by atoms with E-state index in [1.54, 1.807) is 17.7 Å². The predicted octanol–water partition coefficient (Wildman–Crippen LogP) is 1.75. The van der Waals surface area contributed by atoms with Gasteiger partial charge in [0.2, 0.25) is 0 Å². The van der Waals surface area contributed by atoms with Gasteiger partial charge in [-0.15, -0.1) is 0 Å². The topological polar surface area (TPSA) is 85.8 Å². The fourth-order valence-corrected chi connectivity index (χ4v) is 1.85. The van der Waals surface area contributed by atoms with Crippen LogP contribution in [-0.2, 0) is 6.54 Å². The van der Waals surface area contributed by atoms with Crippen LogP contribution in [0, 0.1) is 13.8 Å². The molecule has 0 unspecified atom stereocenters. The Hall–Kier alpha value is -2.37. The number of hydrogen-bond donors (Lipinski definition) is 2. The van der Waals surface area contributed by atoms with E-state index in [-0.39, 0.29) is 5.91 Å². The van der Waals surface area contributed by atoms with Gasteiger partial charge in [0.1, 0.15) is 11.5 Å². The molecule has 2 aromatic heterocycles. The first kappa shape index (κ1) is 13.1. The van der Waals surface area contributed by atoms with Gasteiger partial charge in [0.05, 0.1) is 11.4 Å². The van der Waals surface area contributed by atoms with E-state index in [1.807, 2.05) is 26.0 Å². The van der Waals surface area contributed by atoms with Crippen molar-refractivity contribution in [2.24, 2.45) is 0 Å². The monoisotopic (exact) mass is 259 g/mol. The summed E-state index contributed by atoms with van der Waals surface area (Å²) in [5, 5.41) is 6.96. The summed E-state index contributed by atoms with van der Waals surface area (Å²) in [6.07, 6.45) is 0. The average molecular weight is 259 g/mol. The van der Waals surface area contributed by atoms with Gasteiger partial charge in [-0.25, -0.2) is 4.98 Å². The number of pyridine rings is 1. The molecule has 3 N–H and O–H groups in total. The average Bonchev–Trinajstić information content (AvgIpc) is 2.65. The number of aryl methyl sites for hydroxylation is 3. The second-order valence-electron chi connectivity index (χ2n) is 4.28. The highest BCUT2D eigenvalue weighted by molar-refractivity contribution is 6.06. The van der Waals surface area contributed by atoms with Gasteiger partial charge < -0.3 is 11.1 Å². The van der Waals surface area contributed by atoms with Crippen LogP contribution < -0.4 is 11.1 Å². The lowest BCUT2D eigenvalue weighted by molar-refractivity contribution is 0.101. The predicted molar refractivity (Wildman–Crippen MR) is 74.0 cm³/mol. The highest BCUT2D eigenvalue weighted by atomic mass is 16.2. The Morgan fingerprint density at radius 1 is 1.42 bits per heavy atom. The number of nitrogens with zero attached hydrogens (tertiary/aromatic N) is 3. The van der Waals surface area contributed by atoms with Crippen molar-refractivity contribution < 1.29 is 4.79 Å². The fraction of sp³-hybridized carbons (Fsp3) is 0.308. The van der Waals surface area contributed by atoms with Crippen molar-refractivity contribution in [2.75, 3.05) is 11.1 Å². The van der Waals surface area contributed by atoms with Crippen LogP contribution in [0.4, 0.5) is 11.5 Å². The molecule has 2 rings (SSSR count). The first-order valence-electron chi connectivity index (χ1n) is 6.10. The molecule has 0 aliphatic rings. The van der Waals surface area contributed by atoms with Crippen molar-refractivity contribution in [2.45, 2.75) is 27.3 Å². The molecule has 100 valence electrons. The minimum atomic E-state index is -0.293. The normalized spacial score (nSPS) is 10.5. The number of anilines is 2. The molecule has 2 aromatic rings. The molecular weight excluding hydrogens is 242 g/mol. The summed E-state index contributed by atoms with van der Waals surface area (Å²) in [5.41, 5.74) is 8.18. The maximum absolute atomic E-state index is 12.2. The molecular formula is C13H17N5O. The summed E-state index contributed by atoms with van der Waals surface area (Å²) in [4.78, 5) is 16.5. The number of carbonyl (C=O) groups is 1. The van der Waals surface area contributed by atoms with E-state index in [9.17, 15) is 4.79 Å². The van der Waals surface area contributed by atoms with Crippen LogP contribution in [0.5, 0.6) is 0 Å². The lowest BCUT2D eigenvalue weighted by atomic mass is 10.3. The van der Waals surface area contributed by atoms with Crippen molar-refractivity contribution in [3.8, 4) is 0 Å². The third-order valence-electron chi connectivity index (χ3n) is 2.82. The van der Waals surface area contributed by atoms with E-state index in [4.69, 9.17) is 5.73 Å². The molecule has 0 aliphatic carbocycles. The highest BCUT2D eigenvalue weighted by Gasteiger charge is 2.19. The summed E-state index contributed by atoms with van der Waals surface area (Å²) in [5.74, 6) is 0.212. The van der Waals surface area contributed by atoms with Crippen molar-refractivity contribution in [3.05, 3.63) is 35.3 Å². The number of amides is 1. The largest absolute Gasteiger partial charge is 0.395 e. The van der Waals surface area contributed by atoms with E-state index < -0.39 is 0 Å². The molecule has 0 saturated heterocycles. The van der Waals surface area contributed by atoms with Crippen LogP contribution >= 0.6 is 0 Å². The first-order valence-corrected chi connectivity index (χ1v) is 6.10. The van der Waals surface area contributed by atoms with E-state index in [0.717, 1.165) is 5.69 Å². The Morgan fingerprint density at radius 3 is 2.79 bits per heavy atom. The van der Waals surface area contributed by atoms with Crippen LogP contribution in [0.3, 0.4) is 0 Å². The number of nitrogens with one attached hydrogen (secondary N) is 1. The Morgan fingerprint density at radius 2 is 2.16 bits per heavy atom. The summed E-state index contributed by atoms with van der Waals surface area (Å²) < 4.78 is 1.59. The van der Waals surface area contributed by atoms with Gasteiger partial charge in [-0.05, 0) is 32.9 Å². The van der Waals surface area contributed by atoms with Gasteiger partial charge in [0, 0.05) is 12.2 Å². The molecule has 1 amide bonds. The molecule has 0 fully saturated rings. The van der Waals surface area contributed by atoms with E-state index >= 15 is 0 Å². The van der Waals surface area contributed by atoms with Crippen LogP contribution in [0.2, 0.25) is 0 Å². The van der Waals surface area contributed by atoms with Gasteiger partial charge in [0.15, 0.2) is 0 Å². The number of nitrogens with two attached hydrogens (primary N) is 1. The smallest absolute Gasteiger partial charge is 0.277 e. The van der Waals surface area contributed by atoms with Crippen molar-refractivity contribution in [1.29, 1.82) is 0 Å². The lowest BCUT2D eigenvalue weighted by Crippen LogP contribution is -2.19. The molecule has 0 bridgehead atoms. The molecule has 0 aromatic carbocycles. The van der Waals surface area contributed by atoms with Crippen molar-refractivity contribution >= 4 is 17.4 Å². The van der Waals surface area contributed by atoms with Crippen LogP contribution in [-0.4, -0.2) is 20.7 Å². The molecule has 19 heavy (non-hydrogen) atoms. The van der Waals surface area contributed by atoms with E-state index in [0.29, 0.717) is 29.4 Å². The van der Waals surface area contributed by atoms with E-state index in [1.165, 1.54) is 0 Å². The Bertz CT molecular complexity index is 617.